The second-order valence-electron chi connectivity index (χ2n) is 8.88. The van der Waals surface area contributed by atoms with Crippen LogP contribution in [0.5, 0.6) is 0 Å². The predicted octanol–water partition coefficient (Wildman–Crippen LogP) is 4.15. The van der Waals surface area contributed by atoms with Gasteiger partial charge >= 0.3 is 12.0 Å². The molecule has 0 aliphatic carbocycles. The molecule has 2 amide bonds. The van der Waals surface area contributed by atoms with E-state index in [1.807, 2.05) is 0 Å². The summed E-state index contributed by atoms with van der Waals surface area (Å²) in [6.07, 6.45) is 1.07. The van der Waals surface area contributed by atoms with Gasteiger partial charge in [0, 0.05) is 36.8 Å². The average Bonchev–Trinajstić information content (AvgIpc) is 3.47. The Morgan fingerprint density at radius 1 is 1.14 bits per heavy atom. The van der Waals surface area contributed by atoms with E-state index in [2.05, 4.69) is 15.4 Å². The Kier molecular flexibility index (Phi) is 6.48. The highest BCUT2D eigenvalue weighted by Gasteiger charge is 2.40. The van der Waals surface area contributed by atoms with Crippen LogP contribution >= 0.6 is 0 Å². The van der Waals surface area contributed by atoms with Gasteiger partial charge in [-0.05, 0) is 25.1 Å². The van der Waals surface area contributed by atoms with Crippen LogP contribution in [-0.2, 0) is 17.8 Å². The lowest BCUT2D eigenvalue weighted by molar-refractivity contribution is 0.0256. The fourth-order valence-electron chi connectivity index (χ4n) is 4.56. The Labute approximate surface area is 210 Å². The maximum atomic E-state index is 14.7. The number of ether oxygens (including phenoxy) is 1. The standard InChI is InChI=1S/C25H25F3N6O3/c1-2-37-23(35)20-13-16-14-32(11-12-34(16)31-20)24(36)30-21-18(17-5-3-4-6-19(17)26)7-9-29-22(21)33-10-8-25(27,28)15-33/h3-7,9,13H,2,8,10-12,14-15H2,1H3,(H,30,36). The number of nitrogens with zero attached hydrogens (tertiary/aromatic N) is 5. The molecular formula is C25H25F3N6O3. The van der Waals surface area contributed by atoms with Gasteiger partial charge in [-0.1, -0.05) is 18.2 Å². The molecule has 0 atom stereocenters. The molecule has 2 aromatic heterocycles. The molecule has 0 radical (unpaired) electrons. The van der Waals surface area contributed by atoms with Crippen LogP contribution in [0.1, 0.15) is 29.5 Å². The van der Waals surface area contributed by atoms with Crippen molar-refractivity contribution in [1.82, 2.24) is 19.7 Å². The molecule has 1 fully saturated rings. The zero-order valence-corrected chi connectivity index (χ0v) is 20.1. The summed E-state index contributed by atoms with van der Waals surface area (Å²) in [6.45, 7) is 2.20. The summed E-state index contributed by atoms with van der Waals surface area (Å²) in [5.41, 5.74) is 1.50. The number of amides is 2. The molecule has 2 aliphatic rings. The summed E-state index contributed by atoms with van der Waals surface area (Å²) in [5, 5.41) is 7.05. The zero-order valence-electron chi connectivity index (χ0n) is 20.1. The maximum absolute atomic E-state index is 14.7. The maximum Gasteiger partial charge on any atom is 0.358 e. The van der Waals surface area contributed by atoms with E-state index in [1.165, 1.54) is 22.1 Å². The summed E-state index contributed by atoms with van der Waals surface area (Å²) >= 11 is 0. The number of hydrogen-bond donors (Lipinski definition) is 1. The van der Waals surface area contributed by atoms with E-state index in [-0.39, 0.29) is 55.4 Å². The highest BCUT2D eigenvalue weighted by atomic mass is 19.3. The Hall–Kier alpha value is -4.09. The molecule has 194 valence electrons. The van der Waals surface area contributed by atoms with E-state index >= 15 is 0 Å². The highest BCUT2D eigenvalue weighted by Crippen LogP contribution is 2.39. The van der Waals surface area contributed by atoms with Gasteiger partial charge in [0.05, 0.1) is 37.6 Å². The Bertz CT molecular complexity index is 1340. The lowest BCUT2D eigenvalue weighted by atomic mass is 10.0. The molecule has 0 spiro atoms. The number of halogens is 3. The third-order valence-electron chi connectivity index (χ3n) is 6.37. The van der Waals surface area contributed by atoms with Gasteiger partial charge in [-0.3, -0.25) is 4.68 Å². The number of carbonyl (C=O) groups is 2. The van der Waals surface area contributed by atoms with Gasteiger partial charge in [0.15, 0.2) is 11.5 Å². The summed E-state index contributed by atoms with van der Waals surface area (Å²) < 4.78 is 49.5. The minimum atomic E-state index is -2.89. The zero-order chi connectivity index (χ0) is 26.2. The van der Waals surface area contributed by atoms with Crippen molar-refractivity contribution in [2.45, 2.75) is 32.4 Å². The molecule has 4 heterocycles. The van der Waals surface area contributed by atoms with Crippen LogP contribution in [0.15, 0.2) is 42.6 Å². The number of urea groups is 1. The monoisotopic (exact) mass is 514 g/mol. The lowest BCUT2D eigenvalue weighted by Crippen LogP contribution is -2.41. The van der Waals surface area contributed by atoms with Crippen LogP contribution in [-0.4, -0.2) is 63.8 Å². The summed E-state index contributed by atoms with van der Waals surface area (Å²) in [6, 6.07) is 8.65. The molecule has 1 N–H and O–H groups in total. The number of benzene rings is 1. The molecule has 0 saturated carbocycles. The average molecular weight is 515 g/mol. The quantitative estimate of drug-likeness (QED) is 0.515. The number of aromatic nitrogens is 3. The lowest BCUT2D eigenvalue weighted by Gasteiger charge is -2.29. The first kappa shape index (κ1) is 24.6. The number of rotatable bonds is 5. The van der Waals surface area contributed by atoms with Crippen LogP contribution in [0.2, 0.25) is 0 Å². The number of hydrogen-bond acceptors (Lipinski definition) is 6. The molecule has 0 bridgehead atoms. The van der Waals surface area contributed by atoms with Crippen LogP contribution < -0.4 is 10.2 Å². The number of carbonyl (C=O) groups excluding carboxylic acids is 2. The van der Waals surface area contributed by atoms with E-state index in [0.717, 1.165) is 0 Å². The molecule has 1 aromatic carbocycles. The first-order valence-electron chi connectivity index (χ1n) is 11.9. The molecule has 5 rings (SSSR count). The number of pyridine rings is 1. The first-order valence-corrected chi connectivity index (χ1v) is 11.9. The van der Waals surface area contributed by atoms with Gasteiger partial charge in [0.25, 0.3) is 5.92 Å². The van der Waals surface area contributed by atoms with Gasteiger partial charge < -0.3 is 19.9 Å². The van der Waals surface area contributed by atoms with Gasteiger partial charge in [-0.25, -0.2) is 27.7 Å². The van der Waals surface area contributed by atoms with Crippen molar-refractivity contribution in [2.75, 3.05) is 36.5 Å². The molecule has 2 aliphatic heterocycles. The van der Waals surface area contributed by atoms with Crippen molar-refractivity contribution in [2.24, 2.45) is 0 Å². The molecule has 1 saturated heterocycles. The van der Waals surface area contributed by atoms with Crippen molar-refractivity contribution in [3.8, 4) is 11.1 Å². The summed E-state index contributed by atoms with van der Waals surface area (Å²) in [5.74, 6) is -3.80. The largest absolute Gasteiger partial charge is 0.461 e. The highest BCUT2D eigenvalue weighted by molar-refractivity contribution is 5.99. The number of esters is 1. The van der Waals surface area contributed by atoms with Crippen LogP contribution in [0, 0.1) is 5.82 Å². The number of nitrogens with one attached hydrogen (secondary N) is 1. The molecular weight excluding hydrogens is 489 g/mol. The fourth-order valence-corrected chi connectivity index (χ4v) is 4.56. The first-order chi connectivity index (χ1) is 17.8. The van der Waals surface area contributed by atoms with E-state index in [1.54, 1.807) is 41.9 Å². The molecule has 12 heteroatoms. The molecule has 37 heavy (non-hydrogen) atoms. The Morgan fingerprint density at radius 2 is 1.95 bits per heavy atom. The van der Waals surface area contributed by atoms with Crippen molar-refractivity contribution in [1.29, 1.82) is 0 Å². The Balaban J connectivity index is 1.45. The number of fused-ring (bicyclic) bond motifs is 1. The summed E-state index contributed by atoms with van der Waals surface area (Å²) in [7, 11) is 0. The van der Waals surface area contributed by atoms with Crippen molar-refractivity contribution < 1.29 is 27.5 Å². The minimum absolute atomic E-state index is 0.0448. The number of anilines is 2. The normalized spacial score (nSPS) is 16.4. The van der Waals surface area contributed by atoms with E-state index in [4.69, 9.17) is 4.74 Å². The smallest absolute Gasteiger partial charge is 0.358 e. The van der Waals surface area contributed by atoms with Gasteiger partial charge in [-0.2, -0.15) is 5.10 Å². The minimum Gasteiger partial charge on any atom is -0.461 e. The second kappa shape index (κ2) is 9.75. The van der Waals surface area contributed by atoms with Crippen molar-refractivity contribution in [3.05, 3.63) is 59.8 Å². The summed E-state index contributed by atoms with van der Waals surface area (Å²) in [4.78, 5) is 32.6. The van der Waals surface area contributed by atoms with Crippen molar-refractivity contribution in [3.63, 3.8) is 0 Å². The SMILES string of the molecule is CCOC(=O)c1cc2n(n1)CCN(C(=O)Nc1c(-c3ccccc3F)ccnc1N1CCC(F)(F)C1)C2. The fraction of sp³-hybridized carbons (Fsp3) is 0.360. The predicted molar refractivity (Wildman–Crippen MR) is 129 cm³/mol. The molecule has 0 unspecified atom stereocenters. The van der Waals surface area contributed by atoms with Crippen LogP contribution in [0.4, 0.5) is 29.5 Å². The van der Waals surface area contributed by atoms with Crippen LogP contribution in [0.25, 0.3) is 11.1 Å². The van der Waals surface area contributed by atoms with Crippen molar-refractivity contribution >= 4 is 23.5 Å². The van der Waals surface area contributed by atoms with E-state index in [0.29, 0.717) is 17.8 Å². The van der Waals surface area contributed by atoms with Gasteiger partial charge in [0.2, 0.25) is 0 Å². The topological polar surface area (TPSA) is 92.6 Å². The Morgan fingerprint density at radius 3 is 2.68 bits per heavy atom. The van der Waals surface area contributed by atoms with Gasteiger partial charge in [0.1, 0.15) is 5.82 Å². The van der Waals surface area contributed by atoms with Crippen LogP contribution in [0.3, 0.4) is 0 Å². The third-order valence-corrected chi connectivity index (χ3v) is 6.37. The molecule has 9 nitrogen and oxygen atoms in total. The third kappa shape index (κ3) is 4.95. The molecule has 3 aromatic rings. The second-order valence-corrected chi connectivity index (χ2v) is 8.88. The van der Waals surface area contributed by atoms with E-state index < -0.39 is 30.3 Å². The number of alkyl halides is 2. The van der Waals surface area contributed by atoms with Gasteiger partial charge in [-0.15, -0.1) is 0 Å². The van der Waals surface area contributed by atoms with E-state index in [9.17, 15) is 22.8 Å².